The number of methoxy groups -OCH3 is 1. The van der Waals surface area contributed by atoms with Crippen LogP contribution in [0, 0.1) is 0 Å². The van der Waals surface area contributed by atoms with E-state index in [0.717, 1.165) is 5.75 Å². The van der Waals surface area contributed by atoms with Crippen LogP contribution in [-0.4, -0.2) is 15.2 Å². The largest absolute Gasteiger partial charge is 0.497 e. The first-order chi connectivity index (χ1) is 6.51. The molecule has 14 heavy (non-hydrogen) atoms. The third kappa shape index (κ3) is 3.96. The summed E-state index contributed by atoms with van der Waals surface area (Å²) in [4.78, 5) is 0. The zero-order valence-electron chi connectivity index (χ0n) is 9.63. The van der Waals surface area contributed by atoms with E-state index in [-0.39, 0.29) is 0 Å². The van der Waals surface area contributed by atoms with Crippen molar-refractivity contribution in [2.24, 2.45) is 0 Å². The van der Waals surface area contributed by atoms with Crippen molar-refractivity contribution < 1.29 is 4.74 Å². The summed E-state index contributed by atoms with van der Waals surface area (Å²) in [5.41, 5.74) is 1.42. The fraction of sp³-hybridized carbons (Fsp3) is 0.500. The van der Waals surface area contributed by atoms with Gasteiger partial charge >= 0.3 is 0 Å². The van der Waals surface area contributed by atoms with Gasteiger partial charge in [-0.25, -0.2) is 0 Å². The Balaban J connectivity index is 2.52. The Hall–Kier alpha value is -0.763. The molecular weight excluding hydrogens is 188 g/mol. The van der Waals surface area contributed by atoms with Crippen LogP contribution in [0.25, 0.3) is 0 Å². The number of aryl methyl sites for hydroxylation is 1. The monoisotopic (exact) mass is 208 g/mol. The third-order valence-corrected chi connectivity index (χ3v) is 4.07. The number of ether oxygens (including phenoxy) is 1. The van der Waals surface area contributed by atoms with E-state index in [2.05, 4.69) is 31.8 Å². The van der Waals surface area contributed by atoms with Crippen LogP contribution in [0.3, 0.4) is 0 Å². The molecule has 0 aromatic heterocycles. The van der Waals surface area contributed by atoms with Crippen LogP contribution in [0.5, 0.6) is 5.75 Å². The van der Waals surface area contributed by atoms with E-state index < -0.39 is 8.07 Å². The normalized spacial score (nSPS) is 11.4. The Bertz CT molecular complexity index is 271. The van der Waals surface area contributed by atoms with Crippen LogP contribution in [0.4, 0.5) is 0 Å². The van der Waals surface area contributed by atoms with Gasteiger partial charge in [0.1, 0.15) is 5.75 Å². The molecule has 0 atom stereocenters. The van der Waals surface area contributed by atoms with Gasteiger partial charge in [-0.1, -0.05) is 37.8 Å². The number of rotatable bonds is 4. The van der Waals surface area contributed by atoms with E-state index in [9.17, 15) is 0 Å². The van der Waals surface area contributed by atoms with Crippen molar-refractivity contribution >= 4 is 8.07 Å². The van der Waals surface area contributed by atoms with Gasteiger partial charge in [-0.05, 0) is 24.1 Å². The molecule has 78 valence electrons. The standard InChI is InChI=1S/C12H20OSi/c1-13-12-7-5-11(6-8-12)9-10-14(2,3)4/h5-8H,9-10H2,1-4H3. The van der Waals surface area contributed by atoms with E-state index in [0.29, 0.717) is 0 Å². The molecule has 0 saturated carbocycles. The lowest BCUT2D eigenvalue weighted by molar-refractivity contribution is 0.414. The molecule has 0 unspecified atom stereocenters. The Morgan fingerprint density at radius 2 is 1.64 bits per heavy atom. The lowest BCUT2D eigenvalue weighted by Gasteiger charge is -2.15. The van der Waals surface area contributed by atoms with Gasteiger partial charge in [0.05, 0.1) is 7.11 Å². The van der Waals surface area contributed by atoms with Crippen LogP contribution < -0.4 is 4.74 Å². The van der Waals surface area contributed by atoms with E-state index in [4.69, 9.17) is 4.74 Å². The maximum Gasteiger partial charge on any atom is 0.118 e. The molecule has 2 heteroatoms. The second-order valence-corrected chi connectivity index (χ2v) is 10.5. The Morgan fingerprint density at radius 3 is 2.07 bits per heavy atom. The fourth-order valence-corrected chi connectivity index (χ4v) is 2.35. The highest BCUT2D eigenvalue weighted by Gasteiger charge is 2.12. The van der Waals surface area contributed by atoms with Crippen LogP contribution in [-0.2, 0) is 6.42 Å². The summed E-state index contributed by atoms with van der Waals surface area (Å²) >= 11 is 0. The van der Waals surface area contributed by atoms with Gasteiger partial charge in [0.2, 0.25) is 0 Å². The van der Waals surface area contributed by atoms with Gasteiger partial charge in [0.15, 0.2) is 0 Å². The topological polar surface area (TPSA) is 9.23 Å². The molecule has 0 fully saturated rings. The van der Waals surface area contributed by atoms with Crippen molar-refractivity contribution in [2.75, 3.05) is 7.11 Å². The van der Waals surface area contributed by atoms with E-state index in [1.54, 1.807) is 7.11 Å². The summed E-state index contributed by atoms with van der Waals surface area (Å²) in [5, 5.41) is 0. The van der Waals surface area contributed by atoms with Crippen molar-refractivity contribution in [3.8, 4) is 5.75 Å². The fourth-order valence-electron chi connectivity index (χ4n) is 1.31. The SMILES string of the molecule is COc1ccc(CC[Si](C)(C)C)cc1. The summed E-state index contributed by atoms with van der Waals surface area (Å²) in [6.07, 6.45) is 1.21. The maximum absolute atomic E-state index is 5.12. The molecule has 0 aliphatic heterocycles. The highest BCUT2D eigenvalue weighted by Crippen LogP contribution is 2.16. The summed E-state index contributed by atoms with van der Waals surface area (Å²) in [6, 6.07) is 9.77. The van der Waals surface area contributed by atoms with Crippen LogP contribution in [0.1, 0.15) is 5.56 Å². The van der Waals surface area contributed by atoms with E-state index >= 15 is 0 Å². The molecule has 1 nitrogen and oxygen atoms in total. The lowest BCUT2D eigenvalue weighted by atomic mass is 10.2. The van der Waals surface area contributed by atoms with Crippen molar-refractivity contribution in [1.29, 1.82) is 0 Å². The Morgan fingerprint density at radius 1 is 1.07 bits per heavy atom. The zero-order chi connectivity index (χ0) is 10.6. The van der Waals surface area contributed by atoms with Gasteiger partial charge in [0, 0.05) is 8.07 Å². The van der Waals surface area contributed by atoms with E-state index in [1.165, 1.54) is 18.0 Å². The Labute approximate surface area is 88.1 Å². The minimum atomic E-state index is -0.893. The molecule has 0 N–H and O–H groups in total. The van der Waals surface area contributed by atoms with Crippen molar-refractivity contribution in [3.05, 3.63) is 29.8 Å². The first-order valence-electron chi connectivity index (χ1n) is 5.14. The minimum Gasteiger partial charge on any atom is -0.497 e. The van der Waals surface area contributed by atoms with Crippen molar-refractivity contribution in [3.63, 3.8) is 0 Å². The van der Waals surface area contributed by atoms with Gasteiger partial charge in [0.25, 0.3) is 0 Å². The highest BCUT2D eigenvalue weighted by molar-refractivity contribution is 6.76. The highest BCUT2D eigenvalue weighted by atomic mass is 28.3. The van der Waals surface area contributed by atoms with Crippen LogP contribution in [0.2, 0.25) is 25.7 Å². The second kappa shape index (κ2) is 4.65. The lowest BCUT2D eigenvalue weighted by Crippen LogP contribution is -2.19. The predicted molar refractivity (Wildman–Crippen MR) is 64.9 cm³/mol. The molecule has 0 saturated heterocycles. The minimum absolute atomic E-state index is 0.893. The summed E-state index contributed by atoms with van der Waals surface area (Å²) in [5.74, 6) is 0.946. The summed E-state index contributed by atoms with van der Waals surface area (Å²) in [7, 11) is 0.812. The quantitative estimate of drug-likeness (QED) is 0.687. The van der Waals surface area contributed by atoms with Gasteiger partial charge in [-0.2, -0.15) is 0 Å². The van der Waals surface area contributed by atoms with Crippen LogP contribution >= 0.6 is 0 Å². The smallest absolute Gasteiger partial charge is 0.118 e. The molecule has 0 spiro atoms. The van der Waals surface area contributed by atoms with Crippen LogP contribution in [0.15, 0.2) is 24.3 Å². The molecule has 1 rings (SSSR count). The molecule has 0 bridgehead atoms. The average molecular weight is 208 g/mol. The average Bonchev–Trinajstić information content (AvgIpc) is 2.14. The van der Waals surface area contributed by atoms with E-state index in [1.807, 2.05) is 12.1 Å². The number of hydrogen-bond donors (Lipinski definition) is 0. The summed E-state index contributed by atoms with van der Waals surface area (Å²) < 4.78 is 5.12. The van der Waals surface area contributed by atoms with Gasteiger partial charge in [-0.15, -0.1) is 0 Å². The molecule has 1 aromatic rings. The third-order valence-electron chi connectivity index (χ3n) is 2.32. The number of hydrogen-bond acceptors (Lipinski definition) is 1. The molecule has 0 aliphatic rings. The Kier molecular flexibility index (Phi) is 3.75. The predicted octanol–water partition coefficient (Wildman–Crippen LogP) is 3.58. The van der Waals surface area contributed by atoms with Gasteiger partial charge in [-0.3, -0.25) is 0 Å². The molecular formula is C12H20OSi. The van der Waals surface area contributed by atoms with Gasteiger partial charge < -0.3 is 4.74 Å². The molecule has 0 heterocycles. The first-order valence-corrected chi connectivity index (χ1v) is 8.85. The molecule has 0 amide bonds. The second-order valence-electron chi connectivity index (χ2n) is 4.91. The van der Waals surface area contributed by atoms with Crippen molar-refractivity contribution in [1.82, 2.24) is 0 Å². The molecule has 1 aromatic carbocycles. The number of benzene rings is 1. The molecule has 0 radical (unpaired) electrons. The first kappa shape index (κ1) is 11.3. The molecule has 0 aliphatic carbocycles. The maximum atomic E-state index is 5.12. The summed E-state index contributed by atoms with van der Waals surface area (Å²) in [6.45, 7) is 7.24. The van der Waals surface area contributed by atoms with Crippen molar-refractivity contribution in [2.45, 2.75) is 32.1 Å². The zero-order valence-corrected chi connectivity index (χ0v) is 10.6.